The third-order valence-electron chi connectivity index (χ3n) is 21.7. The number of benzene rings is 16. The molecule has 16 aromatic carbocycles. The lowest BCUT2D eigenvalue weighted by atomic mass is 10.0. The lowest BCUT2D eigenvalue weighted by Gasteiger charge is -2.13. The van der Waals surface area contributed by atoms with Crippen LogP contribution in [0.3, 0.4) is 0 Å². The van der Waals surface area contributed by atoms with Crippen molar-refractivity contribution in [3.8, 4) is 102 Å². The van der Waals surface area contributed by atoms with Gasteiger partial charge in [0.2, 0.25) is 5.95 Å². The standard InChI is InChI=1S/C51H33N5.C51H33N3/c1-4-14-34(15-5-1)35-24-28-40(29-25-35)55-45-22-12-11-21-42(45)44-32-38(27-31-47(44)55)39-26-30-43-41-20-10-13-23-46(41)56(48(43)33-39)51-53-49(36-16-6-2-7-17-36)52-50(54-51)37-18-8-3-9-19-37;1-3-14-34(15-4-1)39-31-45(36-17-5-2-6-18-36)52-51(33-39)54-48-24-12-9-21-41(48)43-28-26-38(32-50(43)54)37-27-29-49-44(30-37)42-22-10-11-23-47(42)53(49)46-25-13-19-35-16-7-8-20-40(35)46/h1-33H;1-33H. The third kappa shape index (κ3) is 11.0. The van der Waals surface area contributed by atoms with Crippen LogP contribution in [0.15, 0.2) is 400 Å². The molecule has 0 saturated carbocycles. The summed E-state index contributed by atoms with van der Waals surface area (Å²) in [5.41, 5.74) is 24.7. The SMILES string of the molecule is c1ccc(-c2cc(-c3ccccc3)nc(-n3c4ccccc4c4ccc(-c5ccc6c(c5)c5ccccc5n6-c5cccc6ccccc56)cc43)c2)cc1.c1ccc(-c2ccc(-n3c4ccccc4c4cc(-c5ccc6c7ccccc7n(-c7nc(-c8ccccc8)nc(-c8ccccc8)n7)c6c5)ccc43)cc2)cc1. The van der Waals surface area contributed by atoms with Crippen molar-refractivity contribution in [2.75, 3.05) is 0 Å². The van der Waals surface area contributed by atoms with E-state index in [1.165, 1.54) is 87.5 Å². The molecule has 514 valence electrons. The predicted octanol–water partition coefficient (Wildman–Crippen LogP) is 26.2. The molecule has 22 aromatic rings. The highest BCUT2D eigenvalue weighted by Gasteiger charge is 2.23. The van der Waals surface area contributed by atoms with E-state index >= 15 is 0 Å². The number of pyridine rings is 1. The van der Waals surface area contributed by atoms with Gasteiger partial charge < -0.3 is 9.13 Å². The Balaban J connectivity index is 0.000000140. The lowest BCUT2D eigenvalue weighted by molar-refractivity contribution is 0.953. The Labute approximate surface area is 634 Å². The highest BCUT2D eigenvalue weighted by atomic mass is 15.2. The van der Waals surface area contributed by atoms with E-state index in [4.69, 9.17) is 19.9 Å². The monoisotopic (exact) mass is 1400 g/mol. The summed E-state index contributed by atoms with van der Waals surface area (Å²) in [6.07, 6.45) is 0. The second-order valence-corrected chi connectivity index (χ2v) is 28.1. The molecule has 110 heavy (non-hydrogen) atoms. The van der Waals surface area contributed by atoms with E-state index in [-0.39, 0.29) is 0 Å². The van der Waals surface area contributed by atoms with Crippen molar-refractivity contribution in [3.63, 3.8) is 0 Å². The molecule has 0 spiro atoms. The Bertz CT molecular complexity index is 7180. The third-order valence-corrected chi connectivity index (χ3v) is 21.7. The largest absolute Gasteiger partial charge is 0.309 e. The first-order chi connectivity index (χ1) is 54.5. The zero-order chi connectivity index (χ0) is 72.6. The summed E-state index contributed by atoms with van der Waals surface area (Å²) in [5, 5.41) is 12.1. The molecule has 0 aliphatic rings. The van der Waals surface area contributed by atoms with E-state index < -0.39 is 0 Å². The average molecular weight is 1400 g/mol. The summed E-state index contributed by atoms with van der Waals surface area (Å²) in [7, 11) is 0. The van der Waals surface area contributed by atoms with Gasteiger partial charge >= 0.3 is 0 Å². The van der Waals surface area contributed by atoms with Gasteiger partial charge in [-0.2, -0.15) is 9.97 Å². The molecule has 0 N–H and O–H groups in total. The van der Waals surface area contributed by atoms with Crippen molar-refractivity contribution >= 4 is 98.0 Å². The number of hydrogen-bond donors (Lipinski definition) is 0. The number of rotatable bonds is 11. The van der Waals surface area contributed by atoms with Crippen LogP contribution in [0.1, 0.15) is 0 Å². The molecule has 0 aliphatic carbocycles. The molecule has 6 heterocycles. The molecule has 0 bridgehead atoms. The first-order valence-electron chi connectivity index (χ1n) is 37.3. The van der Waals surface area contributed by atoms with Gasteiger partial charge in [-0.1, -0.05) is 309 Å². The normalized spacial score (nSPS) is 11.6. The number of hydrogen-bond acceptors (Lipinski definition) is 4. The summed E-state index contributed by atoms with van der Waals surface area (Å²) in [4.78, 5) is 20.6. The van der Waals surface area contributed by atoms with Gasteiger partial charge in [0.05, 0.1) is 55.5 Å². The maximum Gasteiger partial charge on any atom is 0.238 e. The number of nitrogens with zero attached hydrogens (tertiary/aromatic N) is 8. The lowest BCUT2D eigenvalue weighted by Crippen LogP contribution is -2.06. The summed E-state index contributed by atoms with van der Waals surface area (Å²) in [6.45, 7) is 0. The van der Waals surface area contributed by atoms with Crippen LogP contribution < -0.4 is 0 Å². The predicted molar refractivity (Wildman–Crippen MR) is 457 cm³/mol. The first-order valence-corrected chi connectivity index (χ1v) is 37.3. The van der Waals surface area contributed by atoms with Crippen LogP contribution in [0.4, 0.5) is 0 Å². The fourth-order valence-corrected chi connectivity index (χ4v) is 16.5. The Morgan fingerprint density at radius 2 is 0.536 bits per heavy atom. The van der Waals surface area contributed by atoms with Crippen molar-refractivity contribution in [2.45, 2.75) is 0 Å². The highest BCUT2D eigenvalue weighted by Crippen LogP contribution is 2.43. The Morgan fingerprint density at radius 3 is 1.08 bits per heavy atom. The molecule has 0 atom stereocenters. The van der Waals surface area contributed by atoms with E-state index in [1.54, 1.807) is 0 Å². The maximum absolute atomic E-state index is 5.36. The Kier molecular flexibility index (Phi) is 15.4. The summed E-state index contributed by atoms with van der Waals surface area (Å²) in [6, 6.07) is 143. The van der Waals surface area contributed by atoms with Crippen LogP contribution in [-0.2, 0) is 0 Å². The van der Waals surface area contributed by atoms with Gasteiger partial charge in [-0.3, -0.25) is 9.13 Å². The van der Waals surface area contributed by atoms with Gasteiger partial charge in [0, 0.05) is 70.9 Å². The van der Waals surface area contributed by atoms with Gasteiger partial charge in [0.1, 0.15) is 5.82 Å². The van der Waals surface area contributed by atoms with Crippen molar-refractivity contribution in [1.29, 1.82) is 0 Å². The first kappa shape index (κ1) is 63.6. The topological polar surface area (TPSA) is 71.3 Å². The van der Waals surface area contributed by atoms with Crippen LogP contribution in [0.25, 0.3) is 200 Å². The summed E-state index contributed by atoms with van der Waals surface area (Å²) in [5.74, 6) is 2.74. The summed E-state index contributed by atoms with van der Waals surface area (Å²) >= 11 is 0. The zero-order valence-corrected chi connectivity index (χ0v) is 59.7. The average Bonchev–Trinajstić information content (AvgIpc) is 1.59. The molecule has 0 amide bonds. The number of para-hydroxylation sites is 4. The van der Waals surface area contributed by atoms with Crippen molar-refractivity contribution < 1.29 is 0 Å². The summed E-state index contributed by atoms with van der Waals surface area (Å²) < 4.78 is 9.34. The van der Waals surface area contributed by atoms with E-state index in [1.807, 2.05) is 60.7 Å². The minimum atomic E-state index is 0.581. The van der Waals surface area contributed by atoms with Crippen LogP contribution in [0.2, 0.25) is 0 Å². The molecule has 0 fully saturated rings. The quantitative estimate of drug-likeness (QED) is 0.129. The van der Waals surface area contributed by atoms with E-state index in [9.17, 15) is 0 Å². The number of fused-ring (bicyclic) bond motifs is 13. The zero-order valence-electron chi connectivity index (χ0n) is 59.7. The van der Waals surface area contributed by atoms with Crippen molar-refractivity contribution in [2.24, 2.45) is 0 Å². The van der Waals surface area contributed by atoms with Gasteiger partial charge in [0.15, 0.2) is 11.6 Å². The molecule has 0 unspecified atom stereocenters. The molecule has 0 saturated heterocycles. The van der Waals surface area contributed by atoms with Gasteiger partial charge in [-0.25, -0.2) is 9.97 Å². The van der Waals surface area contributed by atoms with Gasteiger partial charge in [-0.05, 0) is 141 Å². The molecule has 0 radical (unpaired) electrons. The molecular formula is C102H66N8. The fourth-order valence-electron chi connectivity index (χ4n) is 16.5. The van der Waals surface area contributed by atoms with Crippen LogP contribution in [0, 0.1) is 0 Å². The van der Waals surface area contributed by atoms with Crippen LogP contribution in [0.5, 0.6) is 0 Å². The molecular weight excluding hydrogens is 1340 g/mol. The molecule has 8 nitrogen and oxygen atoms in total. The Morgan fingerprint density at radius 1 is 0.173 bits per heavy atom. The van der Waals surface area contributed by atoms with E-state index in [0.29, 0.717) is 17.6 Å². The molecule has 6 aromatic heterocycles. The minimum Gasteiger partial charge on any atom is -0.309 e. The smallest absolute Gasteiger partial charge is 0.238 e. The van der Waals surface area contributed by atoms with Crippen LogP contribution >= 0.6 is 0 Å². The fraction of sp³-hybridized carbons (Fsp3) is 0. The van der Waals surface area contributed by atoms with E-state index in [0.717, 1.165) is 94.5 Å². The van der Waals surface area contributed by atoms with E-state index in [2.05, 4.69) is 358 Å². The second-order valence-electron chi connectivity index (χ2n) is 28.1. The Hall–Kier alpha value is -14.9. The molecule has 8 heteroatoms. The maximum atomic E-state index is 5.36. The molecule has 0 aliphatic heterocycles. The van der Waals surface area contributed by atoms with Gasteiger partial charge in [-0.15, -0.1) is 0 Å². The second kappa shape index (κ2) is 26.6. The van der Waals surface area contributed by atoms with Crippen LogP contribution in [-0.4, -0.2) is 38.2 Å². The molecule has 22 rings (SSSR count). The van der Waals surface area contributed by atoms with Crippen molar-refractivity contribution in [3.05, 3.63) is 400 Å². The highest BCUT2D eigenvalue weighted by molar-refractivity contribution is 6.15. The van der Waals surface area contributed by atoms with Gasteiger partial charge in [0.25, 0.3) is 0 Å². The minimum absolute atomic E-state index is 0.581. The van der Waals surface area contributed by atoms with Crippen molar-refractivity contribution in [1.82, 2.24) is 38.2 Å². The number of aromatic nitrogens is 8.